The first-order valence-electron chi connectivity index (χ1n) is 19.0. The average Bonchev–Trinajstić information content (AvgIpc) is 3.26. The number of methoxy groups -OCH3 is 1. The van der Waals surface area contributed by atoms with Gasteiger partial charge in [-0.1, -0.05) is 76.9 Å². The monoisotopic (exact) mass is 706 g/mol. The summed E-state index contributed by atoms with van der Waals surface area (Å²) in [6.07, 6.45) is 12.8. The molecule has 1 aliphatic carbocycles. The van der Waals surface area contributed by atoms with Crippen molar-refractivity contribution in [1.29, 1.82) is 0 Å². The highest BCUT2D eigenvalue weighted by Crippen LogP contribution is 2.57. The second kappa shape index (κ2) is 13.8. The number of carbonyl (C=O) groups excluding carboxylic acids is 1. The van der Waals surface area contributed by atoms with Crippen LogP contribution in [0.3, 0.4) is 0 Å². The van der Waals surface area contributed by atoms with E-state index in [-0.39, 0.29) is 33.6 Å². The van der Waals surface area contributed by atoms with Crippen LogP contribution in [-0.4, -0.2) is 40.3 Å². The Morgan fingerprint density at radius 3 is 1.92 bits per heavy atom. The highest BCUT2D eigenvalue weighted by molar-refractivity contribution is 6.40. The van der Waals surface area contributed by atoms with Gasteiger partial charge in [-0.25, -0.2) is 0 Å². The highest BCUT2D eigenvalue weighted by atomic mass is 16.5. The number of ketones is 1. The van der Waals surface area contributed by atoms with Gasteiger partial charge in [0.2, 0.25) is 0 Å². The number of anilines is 2. The van der Waals surface area contributed by atoms with Crippen LogP contribution in [0.2, 0.25) is 0 Å². The van der Waals surface area contributed by atoms with Crippen LogP contribution in [0.5, 0.6) is 11.5 Å². The summed E-state index contributed by atoms with van der Waals surface area (Å²) in [6, 6.07) is 2.78. The zero-order chi connectivity index (χ0) is 37.1. The van der Waals surface area contributed by atoms with Gasteiger partial charge in [0.25, 0.3) is 0 Å². The number of hydrogen-bond acceptors (Lipinski definition) is 9. The smallest absolute Gasteiger partial charge is 0.190 e. The third-order valence-electron chi connectivity index (χ3n) is 11.8. The van der Waals surface area contributed by atoms with Gasteiger partial charge in [-0.05, 0) is 66.1 Å². The van der Waals surface area contributed by atoms with E-state index in [1.165, 1.54) is 26.2 Å². The number of hydrogen-bond donors (Lipinski definition) is 5. The molecule has 5 aromatic carbocycles. The number of nitrogens with one attached hydrogen (secondary N) is 2. The van der Waals surface area contributed by atoms with E-state index in [1.807, 2.05) is 13.0 Å². The van der Waals surface area contributed by atoms with Crippen molar-refractivity contribution in [2.75, 3.05) is 24.3 Å². The maximum absolute atomic E-state index is 14.5. The molecule has 274 valence electrons. The fourth-order valence-corrected chi connectivity index (χ4v) is 9.53. The molecule has 5 N–H and O–H groups in total. The van der Waals surface area contributed by atoms with Crippen molar-refractivity contribution in [3.8, 4) is 11.5 Å². The Morgan fingerprint density at radius 1 is 0.808 bits per heavy atom. The molecule has 9 heteroatoms. The first-order chi connectivity index (χ1) is 25.1. The standard InChI is InChI=1S/C43H50N2O7/c1-6-8-10-12-14-43(15-13-11-9-7-2)21-44-39-26-16-22(3)29(23(4)48)38-37-32(26)35-30(24(19-46)17-27(49)33(35)40(39)45-43)31-25(20-47)18-28(50)34(36(31)37)41(51)42(38)52-5/h16-18,29,44-47,51H,6-15,19-21H2,1-5H3. The average molecular weight is 707 g/mol. The molecule has 1 aliphatic heterocycles. The zero-order valence-corrected chi connectivity index (χ0v) is 31.0. The largest absolute Gasteiger partial charge is 0.504 e. The fourth-order valence-electron chi connectivity index (χ4n) is 9.53. The number of aliphatic hydroxyl groups excluding tert-OH is 2. The first-order valence-corrected chi connectivity index (χ1v) is 19.0. The van der Waals surface area contributed by atoms with Crippen LogP contribution in [-0.2, 0) is 18.0 Å². The van der Waals surface area contributed by atoms with Crippen LogP contribution in [0.15, 0.2) is 27.3 Å². The molecule has 0 radical (unpaired) electrons. The minimum atomic E-state index is -0.832. The Hall–Kier alpha value is -4.47. The molecule has 52 heavy (non-hydrogen) atoms. The number of carbonyl (C=O) groups is 1. The molecule has 1 heterocycles. The van der Waals surface area contributed by atoms with Crippen molar-refractivity contribution in [1.82, 2.24) is 0 Å². The van der Waals surface area contributed by atoms with Crippen molar-refractivity contribution < 1.29 is 24.9 Å². The van der Waals surface area contributed by atoms with Gasteiger partial charge in [0.15, 0.2) is 22.4 Å². The number of ether oxygens (including phenoxy) is 1. The number of phenolic OH excluding ortho intramolecular Hbond substituents is 1. The second-order valence-corrected chi connectivity index (χ2v) is 15.2. The molecule has 2 aliphatic rings. The van der Waals surface area contributed by atoms with E-state index < -0.39 is 24.6 Å². The van der Waals surface area contributed by atoms with Crippen LogP contribution in [0.4, 0.5) is 11.4 Å². The number of benzene rings is 5. The summed E-state index contributed by atoms with van der Waals surface area (Å²) in [5.41, 5.74) is 2.95. The van der Waals surface area contributed by atoms with E-state index in [0.29, 0.717) is 66.6 Å². The number of allylic oxidation sites excluding steroid dienone is 1. The second-order valence-electron chi connectivity index (χ2n) is 15.2. The quantitative estimate of drug-likeness (QED) is 0.0438. The lowest BCUT2D eigenvalue weighted by atomic mass is 9.78. The lowest BCUT2D eigenvalue weighted by Gasteiger charge is -2.42. The molecule has 0 saturated carbocycles. The van der Waals surface area contributed by atoms with Gasteiger partial charge in [0.05, 0.1) is 53.9 Å². The van der Waals surface area contributed by atoms with Gasteiger partial charge in [0, 0.05) is 33.8 Å². The zero-order valence-electron chi connectivity index (χ0n) is 31.0. The van der Waals surface area contributed by atoms with Crippen molar-refractivity contribution >= 4 is 66.3 Å². The number of phenols is 1. The molecule has 0 amide bonds. The summed E-state index contributed by atoms with van der Waals surface area (Å²) in [5.74, 6) is -1.36. The van der Waals surface area contributed by atoms with E-state index in [9.17, 15) is 29.7 Å². The Morgan fingerprint density at radius 2 is 1.38 bits per heavy atom. The molecular formula is C43H50N2O7. The number of unbranched alkanes of at least 4 members (excludes halogenated alkanes) is 6. The number of rotatable bonds is 14. The van der Waals surface area contributed by atoms with Gasteiger partial charge < -0.3 is 30.7 Å². The van der Waals surface area contributed by atoms with Gasteiger partial charge in [-0.2, -0.15) is 0 Å². The number of Topliss-reactive ketones (excluding diaryl/α,β-unsaturated/α-hetero) is 1. The SMILES string of the molecule is CCCCCCC1(CCCCCC)CNc2c(c3c(=O)cc(CO)c4c5c(CO)cc(=O)c6c(O)c(OC)c7c(c(c2C=C(C)C7C(C)=O)c34)c65)N1. The van der Waals surface area contributed by atoms with Gasteiger partial charge >= 0.3 is 0 Å². The summed E-state index contributed by atoms with van der Waals surface area (Å²) < 4.78 is 5.86. The Bertz CT molecular complexity index is 2370. The van der Waals surface area contributed by atoms with E-state index in [0.717, 1.165) is 81.0 Å². The molecule has 0 fully saturated rings. The number of aliphatic hydroxyl groups is 2. The van der Waals surface area contributed by atoms with Crippen LogP contribution in [0, 0.1) is 0 Å². The molecular weight excluding hydrogens is 656 g/mol. The number of aromatic hydroxyl groups is 1. The third kappa shape index (κ3) is 5.30. The van der Waals surface area contributed by atoms with E-state index in [1.54, 1.807) is 0 Å². The summed E-state index contributed by atoms with van der Waals surface area (Å²) in [5, 5.41) is 44.9. The summed E-state index contributed by atoms with van der Waals surface area (Å²) in [4.78, 5) is 42.1. The number of fused-ring (bicyclic) bond motifs is 4. The van der Waals surface area contributed by atoms with Gasteiger partial charge in [-0.15, -0.1) is 0 Å². The lowest BCUT2D eigenvalue weighted by molar-refractivity contribution is -0.117. The lowest BCUT2D eigenvalue weighted by Crippen LogP contribution is -2.48. The van der Waals surface area contributed by atoms with Crippen molar-refractivity contribution in [2.24, 2.45) is 0 Å². The highest BCUT2D eigenvalue weighted by Gasteiger charge is 2.40. The van der Waals surface area contributed by atoms with Crippen LogP contribution in [0.1, 0.15) is 120 Å². The van der Waals surface area contributed by atoms with Crippen molar-refractivity contribution in [3.63, 3.8) is 0 Å². The summed E-state index contributed by atoms with van der Waals surface area (Å²) in [6.45, 7) is 7.50. The summed E-state index contributed by atoms with van der Waals surface area (Å²) in [7, 11) is 1.41. The summed E-state index contributed by atoms with van der Waals surface area (Å²) >= 11 is 0. The Kier molecular flexibility index (Phi) is 9.55. The molecule has 5 aromatic rings. The molecule has 0 aromatic heterocycles. The van der Waals surface area contributed by atoms with Crippen molar-refractivity contribution in [2.45, 2.75) is 117 Å². The van der Waals surface area contributed by atoms with E-state index in [2.05, 4.69) is 24.5 Å². The van der Waals surface area contributed by atoms with Gasteiger partial charge in [-0.3, -0.25) is 14.4 Å². The fraction of sp³-hybridized carbons (Fsp3) is 0.465. The maximum Gasteiger partial charge on any atom is 0.190 e. The molecule has 0 spiro atoms. The Balaban J connectivity index is 1.70. The normalized spacial score (nSPS) is 16.4. The minimum Gasteiger partial charge on any atom is -0.504 e. The van der Waals surface area contributed by atoms with Crippen LogP contribution >= 0.6 is 0 Å². The molecule has 1 unspecified atom stereocenters. The third-order valence-corrected chi connectivity index (χ3v) is 11.8. The molecule has 0 saturated heterocycles. The van der Waals surface area contributed by atoms with Crippen LogP contribution in [0.25, 0.3) is 49.2 Å². The minimum absolute atomic E-state index is 0.00600. The van der Waals surface area contributed by atoms with Crippen molar-refractivity contribution in [3.05, 3.63) is 60.4 Å². The predicted octanol–water partition coefficient (Wildman–Crippen LogP) is 8.20. The first kappa shape index (κ1) is 35.9. The van der Waals surface area contributed by atoms with E-state index >= 15 is 0 Å². The van der Waals surface area contributed by atoms with Gasteiger partial charge in [0.1, 0.15) is 5.78 Å². The molecule has 0 bridgehead atoms. The Labute approximate surface area is 303 Å². The van der Waals surface area contributed by atoms with E-state index in [4.69, 9.17) is 4.74 Å². The maximum atomic E-state index is 14.5. The molecule has 9 nitrogen and oxygen atoms in total. The predicted molar refractivity (Wildman–Crippen MR) is 211 cm³/mol. The molecule has 1 atom stereocenters. The molecule has 7 rings (SSSR count). The topological polar surface area (TPSA) is 145 Å². The van der Waals surface area contributed by atoms with Crippen LogP contribution < -0.4 is 26.2 Å².